The van der Waals surface area contributed by atoms with Crippen LogP contribution in [0.4, 0.5) is 16.6 Å². The number of aliphatic hydroxyl groups excluding tert-OH is 1. The molecule has 0 unspecified atom stereocenters. The third-order valence-corrected chi connectivity index (χ3v) is 15.0. The van der Waals surface area contributed by atoms with Gasteiger partial charge in [-0.25, -0.2) is 33.9 Å². The number of fused-ring (bicyclic) bond motifs is 4. The molecule has 1 spiro atoms. The number of rotatable bonds is 9. The van der Waals surface area contributed by atoms with E-state index in [1.54, 1.807) is 25.3 Å². The maximum atomic E-state index is 14.9. The average molecular weight is 859 g/mol. The number of phosphoric ester groups is 1. The zero-order valence-corrected chi connectivity index (χ0v) is 33.4. The maximum absolute atomic E-state index is 14.9. The SMILES string of the molecule is CCO[P@]1(=O)OC[C@@]23C[C@@H]2[C@@H](n2cnc4c(N)ncnc42)[C@H](O)[C@@H]3O[P@](=O)(SCOC(=O)OC(C)C)OC[C@H]2O[C@@H](n3cnc4c(=O)[nH]c(N)nc43)[C@H](O1)[C@@H]2OC. The Bertz CT molecular complexity index is 2330. The molecule has 6 heterocycles. The van der Waals surface area contributed by atoms with E-state index in [1.165, 1.54) is 30.7 Å². The molecule has 27 heteroatoms. The number of nitrogens with zero attached hydrogens (tertiary/aromatic N) is 7. The molecule has 57 heavy (non-hydrogen) atoms. The Labute approximate surface area is 326 Å². The van der Waals surface area contributed by atoms with Crippen LogP contribution in [-0.2, 0) is 50.7 Å². The summed E-state index contributed by atoms with van der Waals surface area (Å²) in [5.41, 5.74) is 10.7. The molecule has 0 radical (unpaired) electrons. The predicted molar refractivity (Wildman–Crippen MR) is 196 cm³/mol. The number of nitrogen functional groups attached to an aromatic ring is 2. The molecule has 2 bridgehead atoms. The molecule has 4 aromatic rings. The summed E-state index contributed by atoms with van der Waals surface area (Å²) >= 11 is 0.524. The number of aliphatic hydroxyl groups is 1. The van der Waals surface area contributed by atoms with Crippen LogP contribution in [-0.4, -0.2) is 120 Å². The van der Waals surface area contributed by atoms with E-state index >= 15 is 0 Å². The van der Waals surface area contributed by atoms with Crippen molar-refractivity contribution in [2.45, 2.75) is 76.1 Å². The van der Waals surface area contributed by atoms with Crippen LogP contribution in [0.15, 0.2) is 23.8 Å². The molecular weight excluding hydrogens is 818 g/mol. The molecule has 6 N–H and O–H groups in total. The average Bonchev–Trinajstić information content (AvgIpc) is 3.44. The predicted octanol–water partition coefficient (Wildman–Crippen LogP) is 2.28. The first-order valence-corrected chi connectivity index (χ1v) is 22.3. The second-order valence-corrected chi connectivity index (χ2v) is 19.5. The lowest BCUT2D eigenvalue weighted by molar-refractivity contribution is -0.0612. The maximum Gasteiger partial charge on any atom is 0.509 e. The van der Waals surface area contributed by atoms with Crippen LogP contribution in [0.2, 0.25) is 0 Å². The molecule has 2 saturated heterocycles. The van der Waals surface area contributed by atoms with Gasteiger partial charge in [-0.05, 0) is 33.1 Å². The van der Waals surface area contributed by atoms with Crippen molar-refractivity contribution in [3.05, 3.63) is 29.3 Å². The molecule has 0 aromatic carbocycles. The van der Waals surface area contributed by atoms with Gasteiger partial charge in [0.05, 0.1) is 44.6 Å². The van der Waals surface area contributed by atoms with Gasteiger partial charge < -0.3 is 40.1 Å². The van der Waals surface area contributed by atoms with Gasteiger partial charge in [0, 0.05) is 23.9 Å². The molecule has 4 aromatic heterocycles. The summed E-state index contributed by atoms with van der Waals surface area (Å²) in [6.07, 6.45) is -4.78. The summed E-state index contributed by atoms with van der Waals surface area (Å²) < 4.78 is 85.4. The lowest BCUT2D eigenvalue weighted by atomic mass is 10.0. The van der Waals surface area contributed by atoms with Crippen LogP contribution in [0.1, 0.15) is 39.5 Å². The molecule has 2 aliphatic carbocycles. The van der Waals surface area contributed by atoms with Crippen molar-refractivity contribution in [2.24, 2.45) is 11.3 Å². The molecule has 4 fully saturated rings. The molecule has 2 saturated carbocycles. The normalized spacial score (nSPS) is 35.3. The van der Waals surface area contributed by atoms with Gasteiger partial charge in [0.1, 0.15) is 42.4 Å². The van der Waals surface area contributed by atoms with Gasteiger partial charge in [-0.15, -0.1) is 0 Å². The Morgan fingerprint density at radius 1 is 1.12 bits per heavy atom. The zero-order chi connectivity index (χ0) is 40.4. The Kier molecular flexibility index (Phi) is 10.6. The van der Waals surface area contributed by atoms with E-state index in [0.29, 0.717) is 29.0 Å². The highest BCUT2D eigenvalue weighted by Crippen LogP contribution is 2.74. The van der Waals surface area contributed by atoms with Gasteiger partial charge in [0.2, 0.25) is 5.95 Å². The van der Waals surface area contributed by atoms with Crippen LogP contribution in [0.25, 0.3) is 22.3 Å². The Morgan fingerprint density at radius 2 is 1.89 bits per heavy atom. The summed E-state index contributed by atoms with van der Waals surface area (Å²) in [5.74, 6) is -1.08. The summed E-state index contributed by atoms with van der Waals surface area (Å²) in [4.78, 5) is 48.4. The van der Waals surface area contributed by atoms with Crippen molar-refractivity contribution in [1.29, 1.82) is 0 Å². The fourth-order valence-corrected chi connectivity index (χ4v) is 12.0. The van der Waals surface area contributed by atoms with E-state index in [-0.39, 0.29) is 36.1 Å². The number of H-pyrrole nitrogens is 1. The summed E-state index contributed by atoms with van der Waals surface area (Å²) in [6, 6.07) is -0.784. The monoisotopic (exact) mass is 858 g/mol. The van der Waals surface area contributed by atoms with Crippen molar-refractivity contribution < 1.29 is 60.6 Å². The highest BCUT2D eigenvalue weighted by Gasteiger charge is 2.74. The van der Waals surface area contributed by atoms with Gasteiger partial charge >= 0.3 is 20.8 Å². The Hall–Kier alpha value is -3.74. The van der Waals surface area contributed by atoms with E-state index < -0.39 is 99.1 Å². The van der Waals surface area contributed by atoms with Crippen molar-refractivity contribution in [2.75, 3.05) is 44.3 Å². The second kappa shape index (κ2) is 15.1. The minimum absolute atomic E-state index is 0.00197. The third-order valence-electron chi connectivity index (χ3n) is 10.2. The number of methoxy groups -OCH3 is 1. The fraction of sp³-hybridized carbons (Fsp3) is 0.633. The zero-order valence-electron chi connectivity index (χ0n) is 30.8. The number of imidazole rings is 2. The molecule has 310 valence electrons. The number of carbonyl (C=O) groups excluding carboxylic acids is 1. The molecular formula is C30H40N10O14P2S. The molecule has 4 aliphatic rings. The minimum Gasteiger partial charge on any atom is -0.432 e. The molecule has 8 rings (SSSR count). The highest BCUT2D eigenvalue weighted by molar-refractivity contribution is 8.55. The first-order valence-electron chi connectivity index (χ1n) is 17.7. The van der Waals surface area contributed by atoms with E-state index in [4.69, 9.17) is 53.0 Å². The number of nitrogens with one attached hydrogen (secondary N) is 1. The summed E-state index contributed by atoms with van der Waals surface area (Å²) in [5, 5.41) is 12.1. The van der Waals surface area contributed by atoms with E-state index in [9.17, 15) is 23.8 Å². The third kappa shape index (κ3) is 7.22. The number of hydrogen-bond acceptors (Lipinski definition) is 22. The smallest absolute Gasteiger partial charge is 0.432 e. The van der Waals surface area contributed by atoms with Gasteiger partial charge in [-0.2, -0.15) is 4.98 Å². The summed E-state index contributed by atoms with van der Waals surface area (Å²) in [7, 11) is -3.23. The second-order valence-electron chi connectivity index (χ2n) is 13.9. The Balaban J connectivity index is 1.19. The molecule has 0 amide bonds. The van der Waals surface area contributed by atoms with Crippen molar-refractivity contribution >= 4 is 66.3 Å². The number of nitrogens with two attached hydrogens (primary N) is 2. The van der Waals surface area contributed by atoms with Crippen LogP contribution >= 0.6 is 26.0 Å². The van der Waals surface area contributed by atoms with E-state index in [1.807, 2.05) is 0 Å². The number of aromatic amines is 1. The van der Waals surface area contributed by atoms with Gasteiger partial charge in [-0.1, -0.05) is 0 Å². The van der Waals surface area contributed by atoms with Crippen LogP contribution in [0.3, 0.4) is 0 Å². The van der Waals surface area contributed by atoms with E-state index in [0.717, 1.165) is 0 Å². The highest BCUT2D eigenvalue weighted by atomic mass is 32.7. The number of carbonyl (C=O) groups is 1. The van der Waals surface area contributed by atoms with Crippen LogP contribution in [0, 0.1) is 11.3 Å². The Morgan fingerprint density at radius 3 is 2.65 bits per heavy atom. The fourth-order valence-electron chi connectivity index (χ4n) is 7.72. The first-order chi connectivity index (χ1) is 27.2. The van der Waals surface area contributed by atoms with E-state index in [2.05, 4.69) is 29.9 Å². The van der Waals surface area contributed by atoms with Gasteiger partial charge in [-0.3, -0.25) is 37.0 Å². The number of aromatic nitrogens is 8. The van der Waals surface area contributed by atoms with Crippen LogP contribution < -0.4 is 17.0 Å². The lowest BCUT2D eigenvalue weighted by Crippen LogP contribution is -2.38. The van der Waals surface area contributed by atoms with Gasteiger partial charge in [0.15, 0.2) is 34.8 Å². The van der Waals surface area contributed by atoms with Gasteiger partial charge in [0.25, 0.3) is 5.56 Å². The number of ether oxygens (including phenoxy) is 4. The van der Waals surface area contributed by atoms with Crippen molar-refractivity contribution in [3.8, 4) is 0 Å². The number of hydrogen-bond donors (Lipinski definition) is 4. The van der Waals surface area contributed by atoms with Crippen molar-refractivity contribution in [1.82, 2.24) is 39.0 Å². The topological polar surface area (TPSA) is 314 Å². The lowest BCUT2D eigenvalue weighted by Gasteiger charge is -2.32. The molecule has 24 nitrogen and oxygen atoms in total. The number of anilines is 2. The first kappa shape index (κ1) is 40.1. The number of phosphoric acid groups is 1. The summed E-state index contributed by atoms with van der Waals surface area (Å²) in [6.45, 7) is -0.635. The minimum atomic E-state index is -4.56. The molecule has 2 aliphatic heterocycles. The van der Waals surface area contributed by atoms with Crippen LogP contribution in [0.5, 0.6) is 0 Å². The van der Waals surface area contributed by atoms with Crippen molar-refractivity contribution in [3.63, 3.8) is 0 Å². The standard InChI is InChI=1S/C30H40N10O14P2S/c1-5-48-55(44)50-8-30-6-14(30)18(39-10-35-16-23(31)33-9-34-24(16)39)19(41)22(30)54-56(45,57-12-47-29(43)51-13(2)3)49-7-15-20(46-4)21(53-55)27(52-15)40-11-36-17-25(40)37-28(32)38-26(17)42/h9-11,13-15,18-22,27,41H,5-8,12H2,1-4H3,(H2,31,33,34)(H3,32,37,38,42)/t14-,15-,18-,19+,20-,21-,22+,27-,30+,55-,56-/m1/s1. The largest absolute Gasteiger partial charge is 0.509 e. The molecule has 11 atom stereocenters. The quantitative estimate of drug-likeness (QED) is 0.107.